The zero-order valence-electron chi connectivity index (χ0n) is 10.6. The largest absolute Gasteiger partial charge is 0.380 e. The lowest BCUT2D eigenvalue weighted by Gasteiger charge is -2.10. The fourth-order valence-corrected chi connectivity index (χ4v) is 2.51. The molecule has 1 N–H and O–H groups in total. The molecule has 0 amide bonds. The molecule has 0 atom stereocenters. The Morgan fingerprint density at radius 2 is 1.72 bits per heavy atom. The van der Waals surface area contributed by atoms with Crippen LogP contribution in [0.3, 0.4) is 0 Å². The van der Waals surface area contributed by atoms with Crippen molar-refractivity contribution in [2.45, 2.75) is 26.3 Å². The summed E-state index contributed by atoms with van der Waals surface area (Å²) in [6, 6.07) is 3.88. The van der Waals surface area contributed by atoms with Crippen LogP contribution in [0.1, 0.15) is 19.4 Å². The lowest BCUT2D eigenvalue weighted by Crippen LogP contribution is -2.26. The van der Waals surface area contributed by atoms with Crippen molar-refractivity contribution in [3.8, 4) is 0 Å². The van der Waals surface area contributed by atoms with Crippen molar-refractivity contribution < 1.29 is 4.74 Å². The molecule has 18 heavy (non-hydrogen) atoms. The van der Waals surface area contributed by atoms with E-state index in [9.17, 15) is 0 Å². The maximum Gasteiger partial charge on any atom is 0.0591 e. The van der Waals surface area contributed by atoms with Crippen molar-refractivity contribution >= 4 is 34.8 Å². The minimum Gasteiger partial charge on any atom is -0.380 e. The maximum absolute atomic E-state index is 6.08. The molecule has 0 aliphatic carbocycles. The van der Waals surface area contributed by atoms with E-state index in [0.717, 1.165) is 12.1 Å². The number of nitrogens with one attached hydrogen (secondary N) is 1. The van der Waals surface area contributed by atoms with Crippen LogP contribution < -0.4 is 5.32 Å². The van der Waals surface area contributed by atoms with Gasteiger partial charge in [-0.05, 0) is 24.1 Å². The number of halogens is 3. The Labute approximate surface area is 124 Å². The second kappa shape index (κ2) is 8.23. The van der Waals surface area contributed by atoms with E-state index in [0.29, 0.717) is 40.7 Å². The zero-order valence-corrected chi connectivity index (χ0v) is 12.9. The van der Waals surface area contributed by atoms with Crippen molar-refractivity contribution in [2.24, 2.45) is 0 Å². The summed E-state index contributed by atoms with van der Waals surface area (Å²) in [6.07, 6.45) is 0.691. The molecule has 0 aliphatic heterocycles. The molecular formula is C13H18Cl3NO. The van der Waals surface area contributed by atoms with E-state index in [1.54, 1.807) is 12.1 Å². The minimum absolute atomic E-state index is 0.480. The Hall–Kier alpha value is 0.01000. The molecule has 0 fully saturated rings. The fraction of sp³-hybridized carbons (Fsp3) is 0.538. The van der Waals surface area contributed by atoms with E-state index in [2.05, 4.69) is 19.2 Å². The van der Waals surface area contributed by atoms with Gasteiger partial charge in [0.1, 0.15) is 0 Å². The minimum atomic E-state index is 0.480. The molecule has 0 radical (unpaired) electrons. The van der Waals surface area contributed by atoms with Crippen LogP contribution in [0.4, 0.5) is 0 Å². The molecule has 2 nitrogen and oxygen atoms in total. The molecule has 0 saturated heterocycles. The smallest absolute Gasteiger partial charge is 0.0591 e. The van der Waals surface area contributed by atoms with Crippen molar-refractivity contribution in [3.05, 3.63) is 32.8 Å². The molecule has 1 rings (SSSR count). The number of ether oxygens (including phenoxy) is 1. The number of benzene rings is 1. The summed E-state index contributed by atoms with van der Waals surface area (Å²) in [4.78, 5) is 0. The average Bonchev–Trinajstić information content (AvgIpc) is 2.25. The molecule has 0 bridgehead atoms. The van der Waals surface area contributed by atoms with Gasteiger partial charge in [0, 0.05) is 27.7 Å². The molecule has 0 saturated carbocycles. The Morgan fingerprint density at radius 1 is 1.11 bits per heavy atom. The SMILES string of the molecule is CC(C)NCCOCCc1c(Cl)cc(Cl)cc1Cl. The monoisotopic (exact) mass is 309 g/mol. The molecule has 5 heteroatoms. The van der Waals surface area contributed by atoms with Gasteiger partial charge in [-0.15, -0.1) is 0 Å². The van der Waals surface area contributed by atoms with E-state index < -0.39 is 0 Å². The van der Waals surface area contributed by atoms with E-state index >= 15 is 0 Å². The molecule has 1 aromatic carbocycles. The highest BCUT2D eigenvalue weighted by molar-refractivity contribution is 6.39. The first-order chi connectivity index (χ1) is 8.50. The Bertz CT molecular complexity index is 359. The highest BCUT2D eigenvalue weighted by atomic mass is 35.5. The Morgan fingerprint density at radius 3 is 2.28 bits per heavy atom. The molecule has 0 spiro atoms. The lowest BCUT2D eigenvalue weighted by atomic mass is 10.1. The standard InChI is InChI=1S/C13H18Cl3NO/c1-9(2)17-4-6-18-5-3-11-12(15)7-10(14)8-13(11)16/h7-9,17H,3-6H2,1-2H3. The lowest BCUT2D eigenvalue weighted by molar-refractivity contribution is 0.137. The van der Waals surface area contributed by atoms with Gasteiger partial charge in [0.05, 0.1) is 13.2 Å². The molecule has 1 aromatic rings. The quantitative estimate of drug-likeness (QED) is 0.762. The topological polar surface area (TPSA) is 21.3 Å². The van der Waals surface area contributed by atoms with Gasteiger partial charge < -0.3 is 10.1 Å². The van der Waals surface area contributed by atoms with Crippen molar-refractivity contribution in [2.75, 3.05) is 19.8 Å². The van der Waals surface area contributed by atoms with Crippen LogP contribution in [-0.4, -0.2) is 25.8 Å². The van der Waals surface area contributed by atoms with Gasteiger partial charge >= 0.3 is 0 Å². The molecular weight excluding hydrogens is 293 g/mol. The first-order valence-corrected chi connectivity index (χ1v) is 7.08. The van der Waals surface area contributed by atoms with E-state index in [4.69, 9.17) is 39.5 Å². The van der Waals surface area contributed by atoms with E-state index in [1.807, 2.05) is 0 Å². The van der Waals surface area contributed by atoms with Crippen LogP contribution in [0.15, 0.2) is 12.1 Å². The van der Waals surface area contributed by atoms with Gasteiger partial charge in [0.25, 0.3) is 0 Å². The fourth-order valence-electron chi connectivity index (χ4n) is 1.51. The van der Waals surface area contributed by atoms with Gasteiger partial charge in [0.15, 0.2) is 0 Å². The third-order valence-electron chi connectivity index (χ3n) is 2.40. The van der Waals surface area contributed by atoms with E-state index in [-0.39, 0.29) is 0 Å². The number of hydrogen-bond donors (Lipinski definition) is 1. The molecule has 0 unspecified atom stereocenters. The highest BCUT2D eigenvalue weighted by Crippen LogP contribution is 2.29. The first-order valence-electron chi connectivity index (χ1n) is 5.95. The third-order valence-corrected chi connectivity index (χ3v) is 3.29. The van der Waals surface area contributed by atoms with Crippen molar-refractivity contribution in [1.82, 2.24) is 5.32 Å². The second-order valence-corrected chi connectivity index (χ2v) is 5.57. The van der Waals surface area contributed by atoms with Crippen LogP contribution in [0.25, 0.3) is 0 Å². The number of hydrogen-bond acceptors (Lipinski definition) is 2. The van der Waals surface area contributed by atoms with Gasteiger partial charge in [-0.25, -0.2) is 0 Å². The molecule has 0 aliphatic rings. The predicted molar refractivity (Wildman–Crippen MR) is 79.1 cm³/mol. The van der Waals surface area contributed by atoms with Gasteiger partial charge in [-0.2, -0.15) is 0 Å². The normalized spacial score (nSPS) is 11.2. The molecule has 0 aromatic heterocycles. The Kier molecular flexibility index (Phi) is 7.35. The van der Waals surface area contributed by atoms with Crippen LogP contribution >= 0.6 is 34.8 Å². The summed E-state index contributed by atoms with van der Waals surface area (Å²) in [5, 5.41) is 5.02. The second-order valence-electron chi connectivity index (χ2n) is 4.32. The third kappa shape index (κ3) is 5.77. The van der Waals surface area contributed by atoms with Crippen LogP contribution in [-0.2, 0) is 11.2 Å². The van der Waals surface area contributed by atoms with Gasteiger partial charge in [-0.3, -0.25) is 0 Å². The summed E-state index contributed by atoms with van der Waals surface area (Å²) in [6.45, 7) is 6.34. The summed E-state index contributed by atoms with van der Waals surface area (Å²) >= 11 is 18.0. The van der Waals surface area contributed by atoms with Crippen molar-refractivity contribution in [1.29, 1.82) is 0 Å². The highest BCUT2D eigenvalue weighted by Gasteiger charge is 2.07. The summed E-state index contributed by atoms with van der Waals surface area (Å²) in [5.74, 6) is 0. The van der Waals surface area contributed by atoms with Crippen LogP contribution in [0.2, 0.25) is 15.1 Å². The predicted octanol–water partition coefficient (Wildman–Crippen LogP) is 4.20. The summed E-state index contributed by atoms with van der Waals surface area (Å²) < 4.78 is 5.52. The maximum atomic E-state index is 6.08. The summed E-state index contributed by atoms with van der Waals surface area (Å²) in [5.41, 5.74) is 0.888. The average molecular weight is 311 g/mol. The van der Waals surface area contributed by atoms with Crippen LogP contribution in [0, 0.1) is 0 Å². The molecule has 102 valence electrons. The zero-order chi connectivity index (χ0) is 13.5. The first kappa shape index (κ1) is 16.1. The van der Waals surface area contributed by atoms with Gasteiger partial charge in [-0.1, -0.05) is 48.7 Å². The Balaban J connectivity index is 2.31. The number of rotatable bonds is 7. The summed E-state index contributed by atoms with van der Waals surface area (Å²) in [7, 11) is 0. The molecule has 0 heterocycles. The van der Waals surface area contributed by atoms with Crippen LogP contribution in [0.5, 0.6) is 0 Å². The van der Waals surface area contributed by atoms with Crippen molar-refractivity contribution in [3.63, 3.8) is 0 Å². The van der Waals surface area contributed by atoms with E-state index in [1.165, 1.54) is 0 Å². The van der Waals surface area contributed by atoms with Gasteiger partial charge in [0.2, 0.25) is 0 Å².